The second-order valence-electron chi connectivity index (χ2n) is 3.27. The smallest absolute Gasteiger partial charge is 0.253 e. The number of halogens is 1. The Kier molecular flexibility index (Phi) is 3.84. The summed E-state index contributed by atoms with van der Waals surface area (Å²) >= 11 is 0. The molecule has 16 heavy (non-hydrogen) atoms. The third kappa shape index (κ3) is 2.70. The summed E-state index contributed by atoms with van der Waals surface area (Å²) in [5.41, 5.74) is 0.455. The summed E-state index contributed by atoms with van der Waals surface area (Å²) in [6, 6.07) is 5.68. The molecule has 0 aliphatic rings. The van der Waals surface area contributed by atoms with E-state index < -0.39 is 17.8 Å². The van der Waals surface area contributed by atoms with E-state index in [0.29, 0.717) is 5.69 Å². The molecule has 0 aliphatic heterocycles. The molecule has 0 aliphatic carbocycles. The van der Waals surface area contributed by atoms with Crippen molar-refractivity contribution in [3.8, 4) is 6.07 Å². The number of anilines is 1. The minimum atomic E-state index is -0.616. The van der Waals surface area contributed by atoms with E-state index in [-0.39, 0.29) is 5.56 Å². The fraction of sp³-hybridized carbons (Fsp3) is 0.273. The molecule has 1 atom stereocenters. The Morgan fingerprint density at radius 3 is 2.75 bits per heavy atom. The van der Waals surface area contributed by atoms with Crippen molar-refractivity contribution in [2.24, 2.45) is 0 Å². The molecule has 84 valence electrons. The van der Waals surface area contributed by atoms with Gasteiger partial charge in [-0.05, 0) is 25.1 Å². The van der Waals surface area contributed by atoms with Gasteiger partial charge in [0, 0.05) is 12.7 Å². The largest absolute Gasteiger partial charge is 0.370 e. The first-order chi connectivity index (χ1) is 7.58. The number of nitriles is 1. The second kappa shape index (κ2) is 5.12. The number of nitrogens with one attached hydrogen (secondary N) is 2. The van der Waals surface area contributed by atoms with E-state index in [0.717, 1.165) is 0 Å². The molecule has 1 aromatic rings. The first kappa shape index (κ1) is 12.0. The number of carbonyl (C=O) groups is 1. The van der Waals surface area contributed by atoms with Crippen LogP contribution in [0.2, 0.25) is 0 Å². The monoisotopic (exact) mass is 221 g/mol. The van der Waals surface area contributed by atoms with Crippen molar-refractivity contribution in [1.82, 2.24) is 5.32 Å². The summed E-state index contributed by atoms with van der Waals surface area (Å²) in [4.78, 5) is 11.2. The minimum absolute atomic E-state index is 0.0161. The third-order valence-corrected chi connectivity index (χ3v) is 2.02. The summed E-state index contributed by atoms with van der Waals surface area (Å²) in [6.07, 6.45) is 0. The standard InChI is InChI=1S/C11H12FN3O/c1-7(6-13)15-8-3-4-9(10(12)5-8)11(16)14-2/h3-5,7,15H,1-2H3,(H,14,16). The highest BCUT2D eigenvalue weighted by Crippen LogP contribution is 2.15. The Morgan fingerprint density at radius 2 is 2.25 bits per heavy atom. The van der Waals surface area contributed by atoms with E-state index in [1.165, 1.54) is 19.2 Å². The Morgan fingerprint density at radius 1 is 1.56 bits per heavy atom. The molecule has 2 N–H and O–H groups in total. The van der Waals surface area contributed by atoms with E-state index in [1.54, 1.807) is 13.0 Å². The van der Waals surface area contributed by atoms with Crippen LogP contribution in [0.3, 0.4) is 0 Å². The fourth-order valence-corrected chi connectivity index (χ4v) is 1.21. The first-order valence-corrected chi connectivity index (χ1v) is 4.76. The summed E-state index contributed by atoms with van der Waals surface area (Å²) in [6.45, 7) is 1.66. The van der Waals surface area contributed by atoms with Gasteiger partial charge in [-0.25, -0.2) is 4.39 Å². The van der Waals surface area contributed by atoms with Crippen molar-refractivity contribution >= 4 is 11.6 Å². The highest BCUT2D eigenvalue weighted by Gasteiger charge is 2.10. The lowest BCUT2D eigenvalue weighted by atomic mass is 10.1. The molecule has 0 spiro atoms. The Bertz CT molecular complexity index is 439. The molecule has 5 heteroatoms. The van der Waals surface area contributed by atoms with Gasteiger partial charge in [0.05, 0.1) is 11.6 Å². The average molecular weight is 221 g/mol. The average Bonchev–Trinajstić information content (AvgIpc) is 2.28. The molecule has 0 radical (unpaired) electrons. The lowest BCUT2D eigenvalue weighted by molar-refractivity contribution is 0.0959. The van der Waals surface area contributed by atoms with Gasteiger partial charge in [0.1, 0.15) is 11.9 Å². The van der Waals surface area contributed by atoms with E-state index in [1.807, 2.05) is 6.07 Å². The van der Waals surface area contributed by atoms with E-state index >= 15 is 0 Å². The molecule has 1 rings (SSSR count). The summed E-state index contributed by atoms with van der Waals surface area (Å²) in [7, 11) is 1.44. The van der Waals surface area contributed by atoms with Crippen LogP contribution in [0, 0.1) is 17.1 Å². The van der Waals surface area contributed by atoms with Crippen LogP contribution in [0.4, 0.5) is 10.1 Å². The number of benzene rings is 1. The van der Waals surface area contributed by atoms with Gasteiger partial charge >= 0.3 is 0 Å². The molecular weight excluding hydrogens is 209 g/mol. The van der Waals surface area contributed by atoms with Crippen LogP contribution < -0.4 is 10.6 Å². The molecule has 1 unspecified atom stereocenters. The molecule has 4 nitrogen and oxygen atoms in total. The maximum atomic E-state index is 13.5. The summed E-state index contributed by atoms with van der Waals surface area (Å²) in [5.74, 6) is -1.09. The Labute approximate surface area is 93.1 Å². The maximum absolute atomic E-state index is 13.5. The fourth-order valence-electron chi connectivity index (χ4n) is 1.21. The third-order valence-electron chi connectivity index (χ3n) is 2.02. The maximum Gasteiger partial charge on any atom is 0.253 e. The predicted octanol–water partition coefficient (Wildman–Crippen LogP) is 1.51. The molecule has 0 heterocycles. The van der Waals surface area contributed by atoms with E-state index in [9.17, 15) is 9.18 Å². The molecule has 0 fully saturated rings. The van der Waals surface area contributed by atoms with Crippen molar-refractivity contribution in [3.05, 3.63) is 29.6 Å². The SMILES string of the molecule is CNC(=O)c1ccc(NC(C)C#N)cc1F. The zero-order valence-electron chi connectivity index (χ0n) is 9.04. The highest BCUT2D eigenvalue weighted by molar-refractivity contribution is 5.94. The number of hydrogen-bond acceptors (Lipinski definition) is 3. The number of amides is 1. The van der Waals surface area contributed by atoms with Crippen LogP contribution >= 0.6 is 0 Å². The lowest BCUT2D eigenvalue weighted by Crippen LogP contribution is -2.19. The Balaban J connectivity index is 2.92. The van der Waals surface area contributed by atoms with Crippen LogP contribution in [-0.4, -0.2) is 19.0 Å². The zero-order chi connectivity index (χ0) is 12.1. The quantitative estimate of drug-likeness (QED) is 0.813. The zero-order valence-corrected chi connectivity index (χ0v) is 9.04. The van der Waals surface area contributed by atoms with E-state index in [4.69, 9.17) is 5.26 Å². The molecule has 0 bridgehead atoms. The predicted molar refractivity (Wildman–Crippen MR) is 58.5 cm³/mol. The minimum Gasteiger partial charge on any atom is -0.370 e. The second-order valence-corrected chi connectivity index (χ2v) is 3.27. The van der Waals surface area contributed by atoms with Crippen LogP contribution in [-0.2, 0) is 0 Å². The van der Waals surface area contributed by atoms with Gasteiger partial charge < -0.3 is 10.6 Å². The molecular formula is C11H12FN3O. The summed E-state index contributed by atoms with van der Waals surface area (Å²) < 4.78 is 13.5. The van der Waals surface area contributed by atoms with Crippen LogP contribution in [0.25, 0.3) is 0 Å². The molecule has 1 amide bonds. The van der Waals surface area contributed by atoms with Crippen molar-refractivity contribution in [1.29, 1.82) is 5.26 Å². The van der Waals surface area contributed by atoms with Crippen LogP contribution in [0.1, 0.15) is 17.3 Å². The van der Waals surface area contributed by atoms with Gasteiger partial charge in [-0.2, -0.15) is 5.26 Å². The molecule has 0 aromatic heterocycles. The van der Waals surface area contributed by atoms with Gasteiger partial charge in [0.2, 0.25) is 0 Å². The normalized spacial score (nSPS) is 11.4. The molecule has 0 saturated heterocycles. The van der Waals surface area contributed by atoms with Crippen LogP contribution in [0.5, 0.6) is 0 Å². The highest BCUT2D eigenvalue weighted by atomic mass is 19.1. The van der Waals surface area contributed by atoms with Crippen molar-refractivity contribution in [2.45, 2.75) is 13.0 Å². The molecule has 0 saturated carbocycles. The van der Waals surface area contributed by atoms with Gasteiger partial charge in [-0.15, -0.1) is 0 Å². The Hall–Kier alpha value is -2.09. The van der Waals surface area contributed by atoms with Gasteiger partial charge in [0.25, 0.3) is 5.91 Å². The number of hydrogen-bond donors (Lipinski definition) is 2. The summed E-state index contributed by atoms with van der Waals surface area (Å²) in [5, 5.41) is 13.7. The first-order valence-electron chi connectivity index (χ1n) is 4.76. The van der Waals surface area contributed by atoms with Gasteiger partial charge in [0.15, 0.2) is 0 Å². The van der Waals surface area contributed by atoms with Crippen molar-refractivity contribution in [3.63, 3.8) is 0 Å². The number of carbonyl (C=O) groups excluding carboxylic acids is 1. The topological polar surface area (TPSA) is 64.9 Å². The lowest BCUT2D eigenvalue weighted by Gasteiger charge is -2.09. The van der Waals surface area contributed by atoms with E-state index in [2.05, 4.69) is 10.6 Å². The van der Waals surface area contributed by atoms with Crippen LogP contribution in [0.15, 0.2) is 18.2 Å². The van der Waals surface area contributed by atoms with Gasteiger partial charge in [-0.1, -0.05) is 0 Å². The van der Waals surface area contributed by atoms with Crippen molar-refractivity contribution in [2.75, 3.05) is 12.4 Å². The van der Waals surface area contributed by atoms with Gasteiger partial charge in [-0.3, -0.25) is 4.79 Å². The number of nitrogens with zero attached hydrogens (tertiary/aromatic N) is 1. The number of rotatable bonds is 3. The van der Waals surface area contributed by atoms with Crippen molar-refractivity contribution < 1.29 is 9.18 Å². The molecule has 1 aromatic carbocycles.